The summed E-state index contributed by atoms with van der Waals surface area (Å²) in [5.74, 6) is -0.0988. The SMILES string of the molecule is CC(=O)c1ccc(CN(C(=O)N2CC[C@@H](F)C2)c2ccc(C(F)(F)F)cc2)cc1. The topological polar surface area (TPSA) is 40.6 Å². The fourth-order valence-electron chi connectivity index (χ4n) is 3.19. The van der Waals surface area contributed by atoms with Gasteiger partial charge in [-0.1, -0.05) is 24.3 Å². The molecule has 154 valence electrons. The van der Waals surface area contributed by atoms with Crippen molar-refractivity contribution in [3.8, 4) is 0 Å². The number of likely N-dealkylation sites (tertiary alicyclic amines) is 1. The van der Waals surface area contributed by atoms with E-state index in [2.05, 4.69) is 0 Å². The molecule has 8 heteroatoms. The van der Waals surface area contributed by atoms with Gasteiger partial charge >= 0.3 is 12.2 Å². The number of hydrogen-bond donors (Lipinski definition) is 0. The number of anilines is 1. The summed E-state index contributed by atoms with van der Waals surface area (Å²) in [6.07, 6.45) is -5.35. The highest BCUT2D eigenvalue weighted by Crippen LogP contribution is 2.31. The smallest absolute Gasteiger partial charge is 0.321 e. The highest BCUT2D eigenvalue weighted by Gasteiger charge is 2.32. The van der Waals surface area contributed by atoms with E-state index in [0.29, 0.717) is 11.1 Å². The van der Waals surface area contributed by atoms with Gasteiger partial charge in [-0.3, -0.25) is 9.69 Å². The van der Waals surface area contributed by atoms with E-state index in [4.69, 9.17) is 0 Å². The van der Waals surface area contributed by atoms with Gasteiger partial charge in [-0.2, -0.15) is 13.2 Å². The van der Waals surface area contributed by atoms with Crippen molar-refractivity contribution < 1.29 is 27.2 Å². The summed E-state index contributed by atoms with van der Waals surface area (Å²) in [7, 11) is 0. The molecule has 0 saturated carbocycles. The fourth-order valence-corrected chi connectivity index (χ4v) is 3.19. The van der Waals surface area contributed by atoms with Crippen molar-refractivity contribution in [3.05, 3.63) is 65.2 Å². The molecule has 1 atom stereocenters. The molecule has 1 saturated heterocycles. The minimum atomic E-state index is -4.48. The van der Waals surface area contributed by atoms with Crippen LogP contribution in [0.2, 0.25) is 0 Å². The second-order valence-electron chi connectivity index (χ2n) is 7.00. The number of rotatable bonds is 4. The van der Waals surface area contributed by atoms with Crippen LogP contribution in [0.3, 0.4) is 0 Å². The molecule has 2 amide bonds. The van der Waals surface area contributed by atoms with Crippen LogP contribution in [0.1, 0.15) is 34.8 Å². The van der Waals surface area contributed by atoms with Crippen LogP contribution in [0.15, 0.2) is 48.5 Å². The Kier molecular flexibility index (Phi) is 5.91. The number of carbonyl (C=O) groups is 2. The van der Waals surface area contributed by atoms with Crippen molar-refractivity contribution in [2.75, 3.05) is 18.0 Å². The van der Waals surface area contributed by atoms with E-state index in [9.17, 15) is 27.2 Å². The molecule has 1 aliphatic rings. The Morgan fingerprint density at radius 1 is 1.07 bits per heavy atom. The number of hydrogen-bond acceptors (Lipinski definition) is 2. The maximum atomic E-state index is 13.6. The minimum Gasteiger partial charge on any atom is -0.321 e. The molecule has 3 rings (SSSR count). The Morgan fingerprint density at radius 2 is 1.69 bits per heavy atom. The Morgan fingerprint density at radius 3 is 2.17 bits per heavy atom. The number of amides is 2. The van der Waals surface area contributed by atoms with E-state index in [1.807, 2.05) is 0 Å². The summed E-state index contributed by atoms with van der Waals surface area (Å²) in [4.78, 5) is 27.1. The monoisotopic (exact) mass is 408 g/mol. The van der Waals surface area contributed by atoms with Gasteiger partial charge in [0.25, 0.3) is 0 Å². The molecule has 4 nitrogen and oxygen atoms in total. The molecule has 0 N–H and O–H groups in total. The van der Waals surface area contributed by atoms with E-state index in [1.54, 1.807) is 24.3 Å². The van der Waals surface area contributed by atoms with Crippen LogP contribution in [0, 0.1) is 0 Å². The van der Waals surface area contributed by atoms with Gasteiger partial charge in [0, 0.05) is 17.8 Å². The lowest BCUT2D eigenvalue weighted by atomic mass is 10.1. The average molecular weight is 408 g/mol. The first kappa shape index (κ1) is 20.8. The van der Waals surface area contributed by atoms with Gasteiger partial charge in [0.05, 0.1) is 18.7 Å². The first-order chi connectivity index (χ1) is 13.6. The molecule has 0 aromatic heterocycles. The van der Waals surface area contributed by atoms with Crippen molar-refractivity contribution in [3.63, 3.8) is 0 Å². The van der Waals surface area contributed by atoms with E-state index in [0.717, 1.165) is 12.1 Å². The Hall–Kier alpha value is -2.90. The van der Waals surface area contributed by atoms with E-state index in [1.165, 1.54) is 28.9 Å². The number of carbonyl (C=O) groups excluding carboxylic acids is 2. The lowest BCUT2D eigenvalue weighted by molar-refractivity contribution is -0.137. The number of alkyl halides is 4. The number of ketones is 1. The van der Waals surface area contributed by atoms with Crippen molar-refractivity contribution >= 4 is 17.5 Å². The zero-order valence-corrected chi connectivity index (χ0v) is 15.7. The third-order valence-corrected chi connectivity index (χ3v) is 4.84. The number of nitrogens with zero attached hydrogens (tertiary/aromatic N) is 2. The highest BCUT2D eigenvalue weighted by molar-refractivity contribution is 5.94. The van der Waals surface area contributed by atoms with Crippen LogP contribution in [-0.2, 0) is 12.7 Å². The van der Waals surface area contributed by atoms with Gasteiger partial charge in [-0.05, 0) is 43.2 Å². The van der Waals surface area contributed by atoms with E-state index >= 15 is 0 Å². The van der Waals surface area contributed by atoms with Crippen LogP contribution in [0.25, 0.3) is 0 Å². The summed E-state index contributed by atoms with van der Waals surface area (Å²) in [5.41, 5.74) is 0.672. The van der Waals surface area contributed by atoms with E-state index in [-0.39, 0.29) is 37.5 Å². The molecule has 2 aromatic rings. The van der Waals surface area contributed by atoms with Gasteiger partial charge in [0.15, 0.2) is 5.78 Å². The standard InChI is InChI=1S/C21H20F4N2O2/c1-14(28)16-4-2-15(3-5-16)12-27(20(29)26-11-10-18(22)13-26)19-8-6-17(7-9-19)21(23,24)25/h2-9,18H,10-13H2,1H3/t18-/m1/s1. The molecule has 1 heterocycles. The molecule has 0 radical (unpaired) electrons. The molecule has 1 fully saturated rings. The Balaban J connectivity index is 1.89. The second-order valence-corrected chi connectivity index (χ2v) is 7.00. The van der Waals surface area contributed by atoms with Gasteiger partial charge in [-0.15, -0.1) is 0 Å². The summed E-state index contributed by atoms with van der Waals surface area (Å²) in [6, 6.07) is 10.4. The number of halogens is 4. The van der Waals surface area contributed by atoms with E-state index < -0.39 is 23.9 Å². The van der Waals surface area contributed by atoms with Crippen LogP contribution < -0.4 is 4.90 Å². The summed E-state index contributed by atoms with van der Waals surface area (Å²) in [6.45, 7) is 1.73. The molecule has 0 aliphatic carbocycles. The first-order valence-corrected chi connectivity index (χ1v) is 9.13. The predicted octanol–water partition coefficient (Wildman–Crippen LogP) is 5.08. The normalized spacial score (nSPS) is 16.7. The van der Waals surface area contributed by atoms with Crippen LogP contribution in [-0.4, -0.2) is 36.0 Å². The maximum absolute atomic E-state index is 13.6. The first-order valence-electron chi connectivity index (χ1n) is 9.13. The van der Waals surface area contributed by atoms with Gasteiger partial charge < -0.3 is 4.90 Å². The predicted molar refractivity (Wildman–Crippen MR) is 101 cm³/mol. The summed E-state index contributed by atoms with van der Waals surface area (Å²) in [5, 5.41) is 0. The van der Waals surface area contributed by atoms with Crippen LogP contribution in [0.4, 0.5) is 28.0 Å². The molecule has 2 aromatic carbocycles. The van der Waals surface area contributed by atoms with Crippen LogP contribution >= 0.6 is 0 Å². The zero-order valence-electron chi connectivity index (χ0n) is 15.7. The summed E-state index contributed by atoms with van der Waals surface area (Å²) < 4.78 is 52.1. The maximum Gasteiger partial charge on any atom is 0.416 e. The quantitative estimate of drug-likeness (QED) is 0.523. The van der Waals surface area contributed by atoms with Crippen molar-refractivity contribution in [2.45, 2.75) is 32.2 Å². The largest absolute Gasteiger partial charge is 0.416 e. The fraction of sp³-hybridized carbons (Fsp3) is 0.333. The van der Waals surface area contributed by atoms with Crippen molar-refractivity contribution in [1.29, 1.82) is 0 Å². The molecule has 29 heavy (non-hydrogen) atoms. The van der Waals surface area contributed by atoms with Gasteiger partial charge in [0.1, 0.15) is 6.17 Å². The molecule has 0 unspecified atom stereocenters. The minimum absolute atomic E-state index is 0.0424. The molecule has 1 aliphatic heterocycles. The highest BCUT2D eigenvalue weighted by atomic mass is 19.4. The number of Topliss-reactive ketones (excluding diaryl/α,β-unsaturated/α-hetero) is 1. The van der Waals surface area contributed by atoms with Crippen LogP contribution in [0.5, 0.6) is 0 Å². The molecular weight excluding hydrogens is 388 g/mol. The third kappa shape index (κ3) is 4.93. The Bertz CT molecular complexity index is 879. The lowest BCUT2D eigenvalue weighted by Crippen LogP contribution is -2.42. The average Bonchev–Trinajstić information content (AvgIpc) is 3.12. The van der Waals surface area contributed by atoms with Crippen molar-refractivity contribution in [2.24, 2.45) is 0 Å². The number of benzene rings is 2. The Labute approximate surface area is 165 Å². The zero-order chi connectivity index (χ0) is 21.2. The second kappa shape index (κ2) is 8.23. The molecule has 0 bridgehead atoms. The van der Waals surface area contributed by atoms with Gasteiger partial charge in [-0.25, -0.2) is 9.18 Å². The van der Waals surface area contributed by atoms with Crippen molar-refractivity contribution in [1.82, 2.24) is 4.90 Å². The molecular formula is C21H20F4N2O2. The third-order valence-electron chi connectivity index (χ3n) is 4.84. The summed E-state index contributed by atoms with van der Waals surface area (Å²) >= 11 is 0. The lowest BCUT2D eigenvalue weighted by Gasteiger charge is -2.28. The molecule has 0 spiro atoms. The number of urea groups is 1. The van der Waals surface area contributed by atoms with Gasteiger partial charge in [0.2, 0.25) is 0 Å².